The monoisotopic (exact) mass is 281 g/mol. The first-order chi connectivity index (χ1) is 9.56. The Morgan fingerprint density at radius 1 is 1.55 bits per heavy atom. The second kappa shape index (κ2) is 6.22. The van der Waals surface area contributed by atoms with Gasteiger partial charge in [-0.05, 0) is 37.3 Å². The molecule has 2 rings (SSSR count). The number of nitrogens with two attached hydrogens (primary N) is 1. The molecule has 1 aliphatic rings. The highest BCUT2D eigenvalue weighted by atomic mass is 19.1. The van der Waals surface area contributed by atoms with E-state index in [9.17, 15) is 9.18 Å². The van der Waals surface area contributed by atoms with Gasteiger partial charge in [0.05, 0.1) is 13.7 Å². The molecule has 0 spiro atoms. The summed E-state index contributed by atoms with van der Waals surface area (Å²) >= 11 is 0. The van der Waals surface area contributed by atoms with Crippen molar-refractivity contribution in [3.05, 3.63) is 30.1 Å². The van der Waals surface area contributed by atoms with Gasteiger partial charge < -0.3 is 15.2 Å². The minimum absolute atomic E-state index is 0.0449. The lowest BCUT2D eigenvalue weighted by atomic mass is 9.86. The normalized spacial score (nSPS) is 25.4. The van der Waals surface area contributed by atoms with E-state index < -0.39 is 5.54 Å². The average Bonchev–Trinajstić information content (AvgIpc) is 2.81. The van der Waals surface area contributed by atoms with Crippen LogP contribution in [0.25, 0.3) is 0 Å². The van der Waals surface area contributed by atoms with Gasteiger partial charge in [0.2, 0.25) is 0 Å². The van der Waals surface area contributed by atoms with Gasteiger partial charge in [0.15, 0.2) is 0 Å². The van der Waals surface area contributed by atoms with E-state index in [2.05, 4.69) is 0 Å². The fourth-order valence-corrected chi connectivity index (χ4v) is 2.84. The number of rotatable bonds is 5. The van der Waals surface area contributed by atoms with Crippen LogP contribution in [0.3, 0.4) is 0 Å². The molecular formula is C15H20FNO3. The largest absolute Gasteiger partial charge is 0.493 e. The molecule has 5 heteroatoms. The van der Waals surface area contributed by atoms with Crippen molar-refractivity contribution in [3.63, 3.8) is 0 Å². The lowest BCUT2D eigenvalue weighted by Crippen LogP contribution is -2.52. The summed E-state index contributed by atoms with van der Waals surface area (Å²) in [5.41, 5.74) is 5.27. The number of methoxy groups -OCH3 is 1. The second-order valence-corrected chi connectivity index (χ2v) is 5.22. The molecule has 0 saturated heterocycles. The van der Waals surface area contributed by atoms with Gasteiger partial charge in [-0.25, -0.2) is 4.39 Å². The summed E-state index contributed by atoms with van der Waals surface area (Å²) in [5, 5.41) is 0. The van der Waals surface area contributed by atoms with Crippen LogP contribution >= 0.6 is 0 Å². The van der Waals surface area contributed by atoms with E-state index in [1.807, 2.05) is 0 Å². The third-order valence-corrected chi connectivity index (χ3v) is 3.97. The van der Waals surface area contributed by atoms with E-state index >= 15 is 0 Å². The number of carbonyl (C=O) groups excluding carboxylic acids is 1. The summed E-state index contributed by atoms with van der Waals surface area (Å²) < 4.78 is 23.3. The fourth-order valence-electron chi connectivity index (χ4n) is 2.84. The van der Waals surface area contributed by atoms with Crippen LogP contribution in [0.2, 0.25) is 0 Å². The van der Waals surface area contributed by atoms with Crippen LogP contribution in [0.15, 0.2) is 24.3 Å². The van der Waals surface area contributed by atoms with Crippen molar-refractivity contribution in [2.24, 2.45) is 11.7 Å². The summed E-state index contributed by atoms with van der Waals surface area (Å²) in [7, 11) is 1.36. The van der Waals surface area contributed by atoms with Gasteiger partial charge in [0.25, 0.3) is 0 Å². The summed E-state index contributed by atoms with van der Waals surface area (Å²) in [4.78, 5) is 11.8. The lowest BCUT2D eigenvalue weighted by Gasteiger charge is -2.28. The Labute approximate surface area is 118 Å². The minimum Gasteiger partial charge on any atom is -0.493 e. The molecule has 0 radical (unpaired) electrons. The Morgan fingerprint density at radius 3 is 3.05 bits per heavy atom. The molecule has 20 heavy (non-hydrogen) atoms. The van der Waals surface area contributed by atoms with Gasteiger partial charge in [-0.3, -0.25) is 4.79 Å². The first-order valence-electron chi connectivity index (χ1n) is 6.82. The number of ether oxygens (including phenoxy) is 2. The van der Waals surface area contributed by atoms with Gasteiger partial charge in [-0.1, -0.05) is 12.5 Å². The predicted octanol–water partition coefficient (Wildman–Crippen LogP) is 2.27. The highest BCUT2D eigenvalue weighted by molar-refractivity contribution is 5.81. The quantitative estimate of drug-likeness (QED) is 0.841. The Balaban J connectivity index is 1.89. The second-order valence-electron chi connectivity index (χ2n) is 5.22. The van der Waals surface area contributed by atoms with E-state index in [4.69, 9.17) is 15.2 Å². The Bertz CT molecular complexity index is 480. The molecule has 2 N–H and O–H groups in total. The molecule has 2 atom stereocenters. The van der Waals surface area contributed by atoms with Crippen LogP contribution in [-0.2, 0) is 9.53 Å². The maximum Gasteiger partial charge on any atom is 0.326 e. The zero-order valence-electron chi connectivity index (χ0n) is 11.6. The molecule has 1 aliphatic carbocycles. The molecular weight excluding hydrogens is 261 g/mol. The Hall–Kier alpha value is -1.62. The highest BCUT2D eigenvalue weighted by Gasteiger charge is 2.46. The molecule has 0 bridgehead atoms. The number of hydrogen-bond acceptors (Lipinski definition) is 4. The molecule has 1 fully saturated rings. The number of carbonyl (C=O) groups is 1. The van der Waals surface area contributed by atoms with E-state index in [-0.39, 0.29) is 17.7 Å². The number of benzene rings is 1. The van der Waals surface area contributed by atoms with Gasteiger partial charge in [-0.15, -0.1) is 0 Å². The molecule has 0 amide bonds. The highest BCUT2D eigenvalue weighted by Crippen LogP contribution is 2.37. The standard InChI is InChI=1S/C15H20FNO3/c1-19-14(18)15(17)8-3-4-11(15)7-9-20-13-6-2-5-12(16)10-13/h2,5-6,10-11H,3-4,7-9,17H2,1H3. The van der Waals surface area contributed by atoms with Crippen molar-refractivity contribution in [2.75, 3.05) is 13.7 Å². The van der Waals surface area contributed by atoms with Crippen molar-refractivity contribution in [3.8, 4) is 5.75 Å². The van der Waals surface area contributed by atoms with Crippen molar-refractivity contribution in [1.82, 2.24) is 0 Å². The van der Waals surface area contributed by atoms with Crippen molar-refractivity contribution in [1.29, 1.82) is 0 Å². The number of hydrogen-bond donors (Lipinski definition) is 1. The molecule has 110 valence electrons. The molecule has 0 aliphatic heterocycles. The van der Waals surface area contributed by atoms with Crippen LogP contribution in [0.4, 0.5) is 4.39 Å². The maximum atomic E-state index is 13.0. The molecule has 1 saturated carbocycles. The van der Waals surface area contributed by atoms with Gasteiger partial charge in [-0.2, -0.15) is 0 Å². The van der Waals surface area contributed by atoms with E-state index in [0.29, 0.717) is 25.2 Å². The smallest absolute Gasteiger partial charge is 0.326 e. The topological polar surface area (TPSA) is 61.5 Å². The molecule has 2 unspecified atom stereocenters. The van der Waals surface area contributed by atoms with E-state index in [1.54, 1.807) is 12.1 Å². The van der Waals surface area contributed by atoms with Crippen LogP contribution in [0.5, 0.6) is 5.75 Å². The molecule has 1 aromatic rings. The zero-order valence-corrected chi connectivity index (χ0v) is 11.6. The molecule has 0 heterocycles. The van der Waals surface area contributed by atoms with Crippen LogP contribution in [-0.4, -0.2) is 25.2 Å². The van der Waals surface area contributed by atoms with Crippen LogP contribution in [0.1, 0.15) is 25.7 Å². The Kier molecular flexibility index (Phi) is 4.60. The SMILES string of the molecule is COC(=O)C1(N)CCCC1CCOc1cccc(F)c1. The summed E-state index contributed by atoms with van der Waals surface area (Å²) in [6.07, 6.45) is 3.10. The third-order valence-electron chi connectivity index (χ3n) is 3.97. The molecule has 4 nitrogen and oxygen atoms in total. The average molecular weight is 281 g/mol. The third kappa shape index (κ3) is 3.10. The first-order valence-corrected chi connectivity index (χ1v) is 6.82. The summed E-state index contributed by atoms with van der Waals surface area (Å²) in [6.45, 7) is 0.407. The minimum atomic E-state index is -0.903. The fraction of sp³-hybridized carbons (Fsp3) is 0.533. The molecule has 0 aromatic heterocycles. The van der Waals surface area contributed by atoms with Crippen LogP contribution in [0, 0.1) is 11.7 Å². The van der Waals surface area contributed by atoms with E-state index in [0.717, 1.165) is 12.8 Å². The summed E-state index contributed by atoms with van der Waals surface area (Å²) in [5.74, 6) is -0.149. The van der Waals surface area contributed by atoms with E-state index in [1.165, 1.54) is 19.2 Å². The lowest BCUT2D eigenvalue weighted by molar-refractivity contribution is -0.148. The predicted molar refractivity (Wildman–Crippen MR) is 72.8 cm³/mol. The van der Waals surface area contributed by atoms with Crippen LogP contribution < -0.4 is 10.5 Å². The number of esters is 1. The van der Waals surface area contributed by atoms with Gasteiger partial charge >= 0.3 is 5.97 Å². The zero-order chi connectivity index (χ0) is 14.6. The first kappa shape index (κ1) is 14.8. The Morgan fingerprint density at radius 2 is 2.35 bits per heavy atom. The van der Waals surface area contributed by atoms with Crippen molar-refractivity contribution in [2.45, 2.75) is 31.2 Å². The van der Waals surface area contributed by atoms with Gasteiger partial charge in [0, 0.05) is 6.07 Å². The van der Waals surface area contributed by atoms with Crippen molar-refractivity contribution < 1.29 is 18.7 Å². The van der Waals surface area contributed by atoms with Gasteiger partial charge in [0.1, 0.15) is 17.1 Å². The summed E-state index contributed by atoms with van der Waals surface area (Å²) in [6, 6.07) is 6.01. The molecule has 1 aromatic carbocycles. The number of halogens is 1. The maximum absolute atomic E-state index is 13.0. The van der Waals surface area contributed by atoms with Crippen molar-refractivity contribution >= 4 is 5.97 Å².